The summed E-state index contributed by atoms with van der Waals surface area (Å²) in [4.78, 5) is 19.8. The first-order valence-corrected chi connectivity index (χ1v) is 13.7. The SMILES string of the molecule is C=CCN(C(=O)c1ccc(OC)cc1)c1nc(-c2cn(S(=O)(=O)c3ccccc3)c3ccccc23)cs1. The van der Waals surface area contributed by atoms with Crippen LogP contribution in [0.2, 0.25) is 0 Å². The minimum Gasteiger partial charge on any atom is -0.497 e. The van der Waals surface area contributed by atoms with E-state index in [4.69, 9.17) is 9.72 Å². The average Bonchev–Trinajstić information content (AvgIpc) is 3.57. The summed E-state index contributed by atoms with van der Waals surface area (Å²) in [5, 5.41) is 3.06. The van der Waals surface area contributed by atoms with Gasteiger partial charge in [0.25, 0.3) is 15.9 Å². The van der Waals surface area contributed by atoms with Crippen LogP contribution >= 0.6 is 11.3 Å². The third kappa shape index (κ3) is 4.54. The fraction of sp³-hybridized carbons (Fsp3) is 0.0714. The summed E-state index contributed by atoms with van der Waals surface area (Å²) in [5.41, 5.74) is 2.28. The van der Waals surface area contributed by atoms with Gasteiger partial charge in [-0.25, -0.2) is 17.4 Å². The molecule has 0 radical (unpaired) electrons. The summed E-state index contributed by atoms with van der Waals surface area (Å²) in [6, 6.07) is 22.5. The standard InChI is InChI=1S/C28H23N3O4S2/c1-3-17-30(27(32)20-13-15-21(35-2)16-14-20)28-29-25(19-36-28)24-18-31(26-12-8-7-11-23(24)26)37(33,34)22-9-5-4-6-10-22/h3-16,18-19H,1,17H2,2H3. The van der Waals surface area contributed by atoms with Gasteiger partial charge < -0.3 is 4.74 Å². The summed E-state index contributed by atoms with van der Waals surface area (Å²) in [6.45, 7) is 4.05. The van der Waals surface area contributed by atoms with Gasteiger partial charge in [-0.2, -0.15) is 0 Å². The van der Waals surface area contributed by atoms with Crippen molar-refractivity contribution in [2.24, 2.45) is 0 Å². The lowest BCUT2D eigenvalue weighted by molar-refractivity contribution is 0.0989. The number of hydrogen-bond donors (Lipinski definition) is 0. The Kier molecular flexibility index (Phi) is 6.64. The van der Waals surface area contributed by atoms with Crippen molar-refractivity contribution >= 4 is 43.3 Å². The molecule has 186 valence electrons. The fourth-order valence-corrected chi connectivity index (χ4v) is 6.26. The van der Waals surface area contributed by atoms with Gasteiger partial charge in [0, 0.05) is 34.6 Å². The van der Waals surface area contributed by atoms with Crippen molar-refractivity contribution in [3.8, 4) is 17.0 Å². The smallest absolute Gasteiger partial charge is 0.268 e. The van der Waals surface area contributed by atoms with Gasteiger partial charge in [0.15, 0.2) is 5.13 Å². The number of aromatic nitrogens is 2. The molecule has 7 nitrogen and oxygen atoms in total. The van der Waals surface area contributed by atoms with Crippen molar-refractivity contribution in [3.05, 3.63) is 109 Å². The molecular weight excluding hydrogens is 506 g/mol. The maximum atomic E-state index is 13.5. The molecular formula is C28H23N3O4S2. The van der Waals surface area contributed by atoms with Crippen LogP contribution in [0.15, 0.2) is 108 Å². The number of carbonyl (C=O) groups excluding carboxylic acids is 1. The number of rotatable bonds is 8. The highest BCUT2D eigenvalue weighted by molar-refractivity contribution is 7.90. The van der Waals surface area contributed by atoms with Crippen molar-refractivity contribution in [2.45, 2.75) is 4.90 Å². The summed E-state index contributed by atoms with van der Waals surface area (Å²) < 4.78 is 33.4. The summed E-state index contributed by atoms with van der Waals surface area (Å²) in [7, 11) is -2.25. The first kappa shape index (κ1) is 24.5. The van der Waals surface area contributed by atoms with Gasteiger partial charge in [0.05, 0.1) is 23.2 Å². The molecule has 5 aromatic rings. The van der Waals surface area contributed by atoms with Crippen molar-refractivity contribution in [1.29, 1.82) is 0 Å². The van der Waals surface area contributed by atoms with E-state index in [1.165, 1.54) is 15.3 Å². The molecule has 0 aliphatic carbocycles. The van der Waals surface area contributed by atoms with Crippen LogP contribution in [-0.2, 0) is 10.0 Å². The van der Waals surface area contributed by atoms with Crippen LogP contribution in [-0.4, -0.2) is 36.9 Å². The molecule has 2 heterocycles. The molecule has 9 heteroatoms. The van der Waals surface area contributed by atoms with E-state index >= 15 is 0 Å². The van der Waals surface area contributed by atoms with E-state index < -0.39 is 10.0 Å². The van der Waals surface area contributed by atoms with E-state index in [-0.39, 0.29) is 17.3 Å². The molecule has 0 saturated heterocycles. The lowest BCUT2D eigenvalue weighted by Gasteiger charge is -2.18. The largest absolute Gasteiger partial charge is 0.497 e. The zero-order valence-electron chi connectivity index (χ0n) is 19.9. The quantitative estimate of drug-likeness (QED) is 0.236. The first-order chi connectivity index (χ1) is 17.9. The number of hydrogen-bond acceptors (Lipinski definition) is 6. The summed E-state index contributed by atoms with van der Waals surface area (Å²) in [5.74, 6) is 0.433. The van der Waals surface area contributed by atoms with Crippen LogP contribution in [0.1, 0.15) is 10.4 Å². The van der Waals surface area contributed by atoms with Crippen LogP contribution in [0.3, 0.4) is 0 Å². The Hall–Kier alpha value is -4.21. The second kappa shape index (κ2) is 10.0. The number of nitrogens with zero attached hydrogens (tertiary/aromatic N) is 3. The molecule has 0 spiro atoms. The Morgan fingerprint density at radius 3 is 2.46 bits per heavy atom. The summed E-state index contributed by atoms with van der Waals surface area (Å²) in [6.07, 6.45) is 3.23. The van der Waals surface area contributed by atoms with Crippen LogP contribution < -0.4 is 9.64 Å². The Balaban J connectivity index is 1.56. The minimum absolute atomic E-state index is 0.198. The van der Waals surface area contributed by atoms with Gasteiger partial charge in [0.1, 0.15) is 5.75 Å². The van der Waals surface area contributed by atoms with Crippen molar-refractivity contribution in [2.75, 3.05) is 18.6 Å². The number of fused-ring (bicyclic) bond motifs is 1. The molecule has 1 amide bonds. The molecule has 0 fully saturated rings. The minimum atomic E-state index is -3.82. The van der Waals surface area contributed by atoms with E-state index in [1.54, 1.807) is 91.0 Å². The lowest BCUT2D eigenvalue weighted by atomic mass is 10.1. The van der Waals surface area contributed by atoms with Gasteiger partial charge in [-0.1, -0.05) is 42.5 Å². The monoisotopic (exact) mass is 529 g/mol. The van der Waals surface area contributed by atoms with Gasteiger partial charge in [-0.15, -0.1) is 17.9 Å². The zero-order valence-corrected chi connectivity index (χ0v) is 21.6. The number of anilines is 1. The molecule has 0 aliphatic heterocycles. The summed E-state index contributed by atoms with van der Waals surface area (Å²) >= 11 is 1.31. The molecule has 2 aromatic heterocycles. The van der Waals surface area contributed by atoms with Crippen molar-refractivity contribution < 1.29 is 17.9 Å². The number of para-hydroxylation sites is 1. The Morgan fingerprint density at radius 1 is 1.05 bits per heavy atom. The maximum absolute atomic E-state index is 13.5. The number of carbonyl (C=O) groups is 1. The molecule has 3 aromatic carbocycles. The van der Waals surface area contributed by atoms with Crippen molar-refractivity contribution in [3.63, 3.8) is 0 Å². The van der Waals surface area contributed by atoms with E-state index in [0.29, 0.717) is 33.2 Å². The predicted molar refractivity (Wildman–Crippen MR) is 147 cm³/mol. The molecule has 0 unspecified atom stereocenters. The molecule has 0 bridgehead atoms. The second-order valence-corrected chi connectivity index (χ2v) is 10.8. The highest BCUT2D eigenvalue weighted by atomic mass is 32.2. The zero-order chi connectivity index (χ0) is 26.0. The number of benzene rings is 3. The fourth-order valence-electron chi connectivity index (χ4n) is 4.04. The molecule has 0 saturated carbocycles. The highest BCUT2D eigenvalue weighted by Crippen LogP contribution is 2.35. The number of ether oxygens (including phenoxy) is 1. The average molecular weight is 530 g/mol. The van der Waals surface area contributed by atoms with Crippen LogP contribution in [0, 0.1) is 0 Å². The normalized spacial score (nSPS) is 11.4. The highest BCUT2D eigenvalue weighted by Gasteiger charge is 2.24. The molecule has 0 atom stereocenters. The topological polar surface area (TPSA) is 81.5 Å². The Labute approximate surface area is 218 Å². The van der Waals surface area contributed by atoms with E-state index in [1.807, 2.05) is 17.5 Å². The Morgan fingerprint density at radius 2 is 1.76 bits per heavy atom. The van der Waals surface area contributed by atoms with E-state index in [2.05, 4.69) is 6.58 Å². The lowest BCUT2D eigenvalue weighted by Crippen LogP contribution is -2.30. The van der Waals surface area contributed by atoms with Gasteiger partial charge in [0.2, 0.25) is 0 Å². The van der Waals surface area contributed by atoms with E-state index in [0.717, 1.165) is 5.39 Å². The van der Waals surface area contributed by atoms with E-state index in [9.17, 15) is 13.2 Å². The molecule has 37 heavy (non-hydrogen) atoms. The molecule has 0 N–H and O–H groups in total. The van der Waals surface area contributed by atoms with Crippen LogP contribution in [0.25, 0.3) is 22.2 Å². The van der Waals surface area contributed by atoms with Gasteiger partial charge in [-0.05, 0) is 42.5 Å². The number of methoxy groups -OCH3 is 1. The molecule has 0 aliphatic rings. The van der Waals surface area contributed by atoms with Gasteiger partial charge >= 0.3 is 0 Å². The maximum Gasteiger partial charge on any atom is 0.268 e. The second-order valence-electron chi connectivity index (χ2n) is 8.12. The van der Waals surface area contributed by atoms with Crippen LogP contribution in [0.4, 0.5) is 5.13 Å². The van der Waals surface area contributed by atoms with Crippen molar-refractivity contribution in [1.82, 2.24) is 8.96 Å². The van der Waals surface area contributed by atoms with Crippen LogP contribution in [0.5, 0.6) is 5.75 Å². The van der Waals surface area contributed by atoms with Gasteiger partial charge in [-0.3, -0.25) is 9.69 Å². The first-order valence-electron chi connectivity index (χ1n) is 11.4. The number of thiazole rings is 1. The number of amides is 1. The third-order valence-electron chi connectivity index (χ3n) is 5.87. The third-order valence-corrected chi connectivity index (χ3v) is 8.42. The molecule has 5 rings (SSSR count). The Bertz CT molecular complexity index is 1690. The predicted octanol–water partition coefficient (Wildman–Crippen LogP) is 5.84.